The second-order valence-electron chi connectivity index (χ2n) is 5.40. The third-order valence-electron chi connectivity index (χ3n) is 3.70. The van der Waals surface area contributed by atoms with E-state index >= 15 is 0 Å². The van der Waals surface area contributed by atoms with Crippen LogP contribution in [0, 0.1) is 0 Å². The fourth-order valence-corrected chi connectivity index (χ4v) is 4.18. The average molecular weight is 476 g/mol. The van der Waals surface area contributed by atoms with E-state index in [2.05, 4.69) is 42.5 Å². The monoisotopic (exact) mass is 474 g/mol. The first-order chi connectivity index (χ1) is 11.9. The lowest BCUT2D eigenvalue weighted by Crippen LogP contribution is -2.46. The first-order valence-electron chi connectivity index (χ1n) is 7.93. The summed E-state index contributed by atoms with van der Waals surface area (Å²) in [5.74, 6) is 0.0923. The number of hydrogen-bond acceptors (Lipinski definition) is 4. The number of benzene rings is 1. The Hall–Kier alpha value is -1.54. The molecular formula is C17H20Br2N2O4. The van der Waals surface area contributed by atoms with Gasteiger partial charge in [-0.05, 0) is 41.4 Å². The number of ether oxygens (including phenoxy) is 2. The second-order valence-corrected chi connectivity index (χ2v) is 7.17. The molecule has 2 N–H and O–H groups in total. The predicted octanol–water partition coefficient (Wildman–Crippen LogP) is 4.19. The van der Waals surface area contributed by atoms with Crippen LogP contribution < -0.4 is 15.4 Å². The zero-order valence-corrected chi connectivity index (χ0v) is 17.4. The van der Waals surface area contributed by atoms with Crippen LogP contribution in [0.15, 0.2) is 32.3 Å². The van der Waals surface area contributed by atoms with Crippen LogP contribution in [-0.4, -0.2) is 25.7 Å². The molecule has 0 radical (unpaired) electrons. The van der Waals surface area contributed by atoms with E-state index in [1.807, 2.05) is 19.1 Å². The first-order valence-corrected chi connectivity index (χ1v) is 9.52. The van der Waals surface area contributed by atoms with Crippen molar-refractivity contribution in [3.05, 3.63) is 37.9 Å². The van der Waals surface area contributed by atoms with E-state index in [9.17, 15) is 9.59 Å². The number of esters is 1. The molecule has 0 aromatic heterocycles. The van der Waals surface area contributed by atoms with Gasteiger partial charge in [0.15, 0.2) is 0 Å². The van der Waals surface area contributed by atoms with E-state index in [1.165, 1.54) is 0 Å². The van der Waals surface area contributed by atoms with Crippen LogP contribution in [0.1, 0.15) is 38.3 Å². The molecule has 8 heteroatoms. The van der Waals surface area contributed by atoms with E-state index in [1.54, 1.807) is 14.0 Å². The molecule has 1 atom stereocenters. The Morgan fingerprint density at radius 1 is 1.28 bits per heavy atom. The van der Waals surface area contributed by atoms with Gasteiger partial charge in [-0.2, -0.15) is 0 Å². The quantitative estimate of drug-likeness (QED) is 0.604. The highest BCUT2D eigenvalue weighted by atomic mass is 79.9. The van der Waals surface area contributed by atoms with Gasteiger partial charge in [0.2, 0.25) is 0 Å². The average Bonchev–Trinajstić information content (AvgIpc) is 2.54. The van der Waals surface area contributed by atoms with E-state index in [0.29, 0.717) is 33.5 Å². The number of methoxy groups -OCH3 is 1. The van der Waals surface area contributed by atoms with Crippen molar-refractivity contribution in [2.45, 2.75) is 32.7 Å². The van der Waals surface area contributed by atoms with E-state index in [4.69, 9.17) is 9.47 Å². The number of urea groups is 1. The Morgan fingerprint density at radius 2 is 2.00 bits per heavy atom. The van der Waals surface area contributed by atoms with Crippen molar-refractivity contribution in [1.29, 1.82) is 0 Å². The molecule has 1 aromatic carbocycles. The number of hydrogen-bond donors (Lipinski definition) is 2. The summed E-state index contributed by atoms with van der Waals surface area (Å²) in [6.07, 6.45) is 1.35. The third-order valence-corrected chi connectivity index (χ3v) is 4.75. The van der Waals surface area contributed by atoms with Crippen molar-refractivity contribution < 1.29 is 19.1 Å². The molecule has 136 valence electrons. The molecule has 1 aromatic rings. The maximum absolute atomic E-state index is 12.6. The summed E-state index contributed by atoms with van der Waals surface area (Å²) < 4.78 is 12.2. The molecule has 2 rings (SSSR count). The molecule has 0 spiro atoms. The third kappa shape index (κ3) is 4.36. The van der Waals surface area contributed by atoms with Gasteiger partial charge in [-0.3, -0.25) is 0 Å². The maximum Gasteiger partial charge on any atom is 0.338 e. The Labute approximate surface area is 163 Å². The molecular weight excluding hydrogens is 456 g/mol. The largest absolute Gasteiger partial charge is 0.495 e. The molecule has 25 heavy (non-hydrogen) atoms. The van der Waals surface area contributed by atoms with Crippen LogP contribution >= 0.6 is 31.9 Å². The molecule has 0 aliphatic carbocycles. The molecule has 1 aliphatic heterocycles. The summed E-state index contributed by atoms with van der Waals surface area (Å²) in [5.41, 5.74) is 1.63. The molecule has 0 fully saturated rings. The van der Waals surface area contributed by atoms with Crippen LogP contribution in [0.2, 0.25) is 0 Å². The Balaban J connectivity index is 2.65. The number of allylic oxidation sites excluding steroid dienone is 1. The molecule has 0 bridgehead atoms. The van der Waals surface area contributed by atoms with Gasteiger partial charge in [-0.25, -0.2) is 9.59 Å². The molecule has 2 amide bonds. The lowest BCUT2D eigenvalue weighted by molar-refractivity contribution is -0.139. The van der Waals surface area contributed by atoms with Crippen molar-refractivity contribution in [3.8, 4) is 5.75 Å². The lowest BCUT2D eigenvalue weighted by atomic mass is 9.93. The second kappa shape index (κ2) is 8.71. The van der Waals surface area contributed by atoms with E-state index < -0.39 is 12.0 Å². The molecule has 1 unspecified atom stereocenters. The summed E-state index contributed by atoms with van der Waals surface area (Å²) in [5, 5.41) is 5.55. The van der Waals surface area contributed by atoms with Gasteiger partial charge in [0.1, 0.15) is 5.75 Å². The van der Waals surface area contributed by atoms with Gasteiger partial charge < -0.3 is 20.1 Å². The molecule has 1 heterocycles. The summed E-state index contributed by atoms with van der Waals surface area (Å²) >= 11 is 6.90. The summed E-state index contributed by atoms with van der Waals surface area (Å²) in [6.45, 7) is 3.98. The number of amides is 2. The van der Waals surface area contributed by atoms with Crippen molar-refractivity contribution in [3.63, 3.8) is 0 Å². The SMILES string of the molecule is CCCC1=C(C(=O)OCC)C(c2cc(Br)cc(Br)c2OC)NC(=O)N1. The topological polar surface area (TPSA) is 76.7 Å². The van der Waals surface area contributed by atoms with Crippen LogP contribution in [0.25, 0.3) is 0 Å². The fourth-order valence-electron chi connectivity index (χ4n) is 2.76. The predicted molar refractivity (Wildman–Crippen MR) is 101 cm³/mol. The zero-order valence-electron chi connectivity index (χ0n) is 14.2. The molecule has 0 saturated carbocycles. The lowest BCUT2D eigenvalue weighted by Gasteiger charge is -2.30. The minimum Gasteiger partial charge on any atom is -0.495 e. The number of nitrogens with one attached hydrogen (secondary N) is 2. The summed E-state index contributed by atoms with van der Waals surface area (Å²) in [4.78, 5) is 24.8. The molecule has 0 saturated heterocycles. The van der Waals surface area contributed by atoms with Crippen LogP contribution in [-0.2, 0) is 9.53 Å². The zero-order chi connectivity index (χ0) is 18.6. The van der Waals surface area contributed by atoms with Crippen molar-refractivity contribution >= 4 is 43.9 Å². The highest BCUT2D eigenvalue weighted by molar-refractivity contribution is 9.11. The van der Waals surface area contributed by atoms with Crippen molar-refractivity contribution in [1.82, 2.24) is 10.6 Å². The summed E-state index contributed by atoms with van der Waals surface area (Å²) in [7, 11) is 1.54. The van der Waals surface area contributed by atoms with Crippen LogP contribution in [0.3, 0.4) is 0 Å². The maximum atomic E-state index is 12.6. The normalized spacial score (nSPS) is 17.0. The van der Waals surface area contributed by atoms with Gasteiger partial charge in [0, 0.05) is 15.7 Å². The minimum atomic E-state index is -0.668. The van der Waals surface area contributed by atoms with Gasteiger partial charge >= 0.3 is 12.0 Å². The van der Waals surface area contributed by atoms with Crippen molar-refractivity contribution in [2.75, 3.05) is 13.7 Å². The number of halogens is 2. The minimum absolute atomic E-state index is 0.252. The van der Waals surface area contributed by atoms with Gasteiger partial charge in [0.05, 0.1) is 29.8 Å². The van der Waals surface area contributed by atoms with Crippen LogP contribution in [0.5, 0.6) is 5.75 Å². The van der Waals surface area contributed by atoms with Crippen LogP contribution in [0.4, 0.5) is 4.79 Å². The van der Waals surface area contributed by atoms with Gasteiger partial charge in [-0.15, -0.1) is 0 Å². The number of carbonyl (C=O) groups is 2. The standard InChI is InChI=1S/C17H20Br2N2O4/c1-4-6-12-13(16(22)25-5-2)14(21-17(23)20-12)10-7-9(18)8-11(19)15(10)24-3/h7-8,14H,4-6H2,1-3H3,(H2,20,21,23). The Morgan fingerprint density at radius 3 is 2.60 bits per heavy atom. The summed E-state index contributed by atoms with van der Waals surface area (Å²) in [6, 6.07) is 2.63. The molecule has 1 aliphatic rings. The number of rotatable bonds is 6. The van der Waals surface area contributed by atoms with Gasteiger partial charge in [-0.1, -0.05) is 29.3 Å². The van der Waals surface area contributed by atoms with Gasteiger partial charge in [0.25, 0.3) is 0 Å². The molecule has 6 nitrogen and oxygen atoms in total. The van der Waals surface area contributed by atoms with E-state index in [-0.39, 0.29) is 12.6 Å². The number of carbonyl (C=O) groups excluding carboxylic acids is 2. The van der Waals surface area contributed by atoms with E-state index in [0.717, 1.165) is 10.9 Å². The van der Waals surface area contributed by atoms with Crippen molar-refractivity contribution in [2.24, 2.45) is 0 Å². The Bertz CT molecular complexity index is 719. The first kappa shape index (κ1) is 19.8. The highest BCUT2D eigenvalue weighted by Crippen LogP contribution is 2.40. The fraction of sp³-hybridized carbons (Fsp3) is 0.412. The Kier molecular flexibility index (Phi) is 6.89. The smallest absolute Gasteiger partial charge is 0.338 e. The highest BCUT2D eigenvalue weighted by Gasteiger charge is 2.35.